The van der Waals surface area contributed by atoms with Crippen molar-refractivity contribution in [3.05, 3.63) is 0 Å². The molecule has 1 N–H and O–H groups in total. The number of hydrogen-bond acceptors (Lipinski definition) is 1. The molecule has 16 heavy (non-hydrogen) atoms. The van der Waals surface area contributed by atoms with E-state index in [1.807, 2.05) is 0 Å². The molecule has 0 aromatic heterocycles. The highest BCUT2D eigenvalue weighted by atomic mass is 14.9. The number of rotatable bonds is 6. The Morgan fingerprint density at radius 2 is 1.88 bits per heavy atom. The molecule has 2 saturated carbocycles. The normalized spacial score (nSPS) is 30.9. The minimum Gasteiger partial charge on any atom is -0.314 e. The molecular formula is C15H29N. The maximum atomic E-state index is 3.79. The molecule has 2 fully saturated rings. The summed E-state index contributed by atoms with van der Waals surface area (Å²) in [7, 11) is 0. The van der Waals surface area contributed by atoms with Crippen molar-refractivity contribution >= 4 is 0 Å². The van der Waals surface area contributed by atoms with E-state index in [0.29, 0.717) is 0 Å². The highest BCUT2D eigenvalue weighted by Gasteiger charge is 2.34. The molecule has 1 nitrogen and oxygen atoms in total. The van der Waals surface area contributed by atoms with E-state index in [9.17, 15) is 0 Å². The van der Waals surface area contributed by atoms with Crippen LogP contribution in [0.2, 0.25) is 0 Å². The average molecular weight is 223 g/mol. The Labute approximate surface area is 101 Å². The third kappa shape index (κ3) is 4.08. The lowest BCUT2D eigenvalue weighted by atomic mass is 9.82. The van der Waals surface area contributed by atoms with Gasteiger partial charge in [0, 0.05) is 6.04 Å². The molecule has 2 aliphatic carbocycles. The molecule has 0 spiro atoms. The highest BCUT2D eigenvalue weighted by Crippen LogP contribution is 2.43. The molecule has 0 heterocycles. The lowest BCUT2D eigenvalue weighted by Crippen LogP contribution is -2.35. The molecule has 2 unspecified atom stereocenters. The molecule has 2 atom stereocenters. The van der Waals surface area contributed by atoms with E-state index >= 15 is 0 Å². The molecule has 0 aliphatic heterocycles. The summed E-state index contributed by atoms with van der Waals surface area (Å²) in [6, 6.07) is 0.853. The molecule has 94 valence electrons. The molecular weight excluding hydrogens is 194 g/mol. The predicted molar refractivity (Wildman–Crippen MR) is 70.5 cm³/mol. The van der Waals surface area contributed by atoms with Crippen molar-refractivity contribution in [1.29, 1.82) is 0 Å². The summed E-state index contributed by atoms with van der Waals surface area (Å²) in [5.41, 5.74) is 0. The van der Waals surface area contributed by atoms with E-state index in [0.717, 1.165) is 23.8 Å². The Balaban J connectivity index is 1.57. The topological polar surface area (TPSA) is 12.0 Å². The zero-order valence-corrected chi connectivity index (χ0v) is 11.2. The molecule has 0 bridgehead atoms. The van der Waals surface area contributed by atoms with E-state index in [1.165, 1.54) is 57.9 Å². The first-order valence-corrected chi connectivity index (χ1v) is 7.49. The summed E-state index contributed by atoms with van der Waals surface area (Å²) in [4.78, 5) is 0. The molecule has 1 heteroatoms. The standard InChI is InChI=1S/C15H29N/c1-12(2)5-4-10-16-15-7-3-6-14(11-15)13-8-9-13/h12-16H,3-11H2,1-2H3. The van der Waals surface area contributed by atoms with Crippen molar-refractivity contribution in [3.63, 3.8) is 0 Å². The Morgan fingerprint density at radius 3 is 2.56 bits per heavy atom. The van der Waals surface area contributed by atoms with Crippen LogP contribution in [0.1, 0.15) is 65.2 Å². The fraction of sp³-hybridized carbons (Fsp3) is 1.00. The summed E-state index contributed by atoms with van der Waals surface area (Å²) < 4.78 is 0. The minimum absolute atomic E-state index is 0.853. The predicted octanol–water partition coefficient (Wildman–Crippen LogP) is 3.98. The lowest BCUT2D eigenvalue weighted by molar-refractivity contribution is 0.260. The first-order valence-electron chi connectivity index (χ1n) is 7.49. The summed E-state index contributed by atoms with van der Waals surface area (Å²) in [5, 5.41) is 3.79. The van der Waals surface area contributed by atoms with Crippen LogP contribution in [0, 0.1) is 17.8 Å². The SMILES string of the molecule is CC(C)CCCNC1CCCC(C2CC2)C1. The van der Waals surface area contributed by atoms with Crippen LogP contribution >= 0.6 is 0 Å². The van der Waals surface area contributed by atoms with Crippen molar-refractivity contribution in [3.8, 4) is 0 Å². The zero-order chi connectivity index (χ0) is 11.4. The van der Waals surface area contributed by atoms with Crippen LogP contribution in [0.15, 0.2) is 0 Å². The van der Waals surface area contributed by atoms with Crippen molar-refractivity contribution in [1.82, 2.24) is 5.32 Å². The van der Waals surface area contributed by atoms with Gasteiger partial charge in [-0.1, -0.05) is 26.7 Å². The van der Waals surface area contributed by atoms with Gasteiger partial charge < -0.3 is 5.32 Å². The first kappa shape index (κ1) is 12.4. The molecule has 2 rings (SSSR count). The van der Waals surface area contributed by atoms with Gasteiger partial charge in [0.1, 0.15) is 0 Å². The van der Waals surface area contributed by atoms with Gasteiger partial charge in [-0.2, -0.15) is 0 Å². The number of hydrogen-bond donors (Lipinski definition) is 1. The smallest absolute Gasteiger partial charge is 0.00698 e. The first-order chi connectivity index (χ1) is 7.75. The van der Waals surface area contributed by atoms with Gasteiger partial charge in [-0.3, -0.25) is 0 Å². The van der Waals surface area contributed by atoms with Gasteiger partial charge in [-0.15, -0.1) is 0 Å². The van der Waals surface area contributed by atoms with E-state index in [1.54, 1.807) is 0 Å². The minimum atomic E-state index is 0.853. The summed E-state index contributed by atoms with van der Waals surface area (Å²) in [6.45, 7) is 5.90. The highest BCUT2D eigenvalue weighted by molar-refractivity contribution is 4.87. The Bertz CT molecular complexity index is 196. The largest absolute Gasteiger partial charge is 0.314 e. The second kappa shape index (κ2) is 6.05. The van der Waals surface area contributed by atoms with Gasteiger partial charge in [0.05, 0.1) is 0 Å². The molecule has 0 aromatic carbocycles. The van der Waals surface area contributed by atoms with Crippen molar-refractivity contribution in [2.24, 2.45) is 17.8 Å². The van der Waals surface area contributed by atoms with Crippen molar-refractivity contribution < 1.29 is 0 Å². The number of nitrogens with one attached hydrogen (secondary N) is 1. The molecule has 0 radical (unpaired) electrons. The van der Waals surface area contributed by atoms with Gasteiger partial charge in [0.2, 0.25) is 0 Å². The van der Waals surface area contributed by atoms with Gasteiger partial charge >= 0.3 is 0 Å². The van der Waals surface area contributed by atoms with Crippen LogP contribution in [0.3, 0.4) is 0 Å². The third-order valence-corrected chi connectivity index (χ3v) is 4.39. The molecule has 2 aliphatic rings. The monoisotopic (exact) mass is 223 g/mol. The summed E-state index contributed by atoms with van der Waals surface area (Å²) >= 11 is 0. The van der Waals surface area contributed by atoms with Gasteiger partial charge in [0.15, 0.2) is 0 Å². The van der Waals surface area contributed by atoms with E-state index in [4.69, 9.17) is 0 Å². The maximum absolute atomic E-state index is 3.79. The summed E-state index contributed by atoms with van der Waals surface area (Å²) in [5.74, 6) is 3.07. The lowest BCUT2D eigenvalue weighted by Gasteiger charge is -2.30. The van der Waals surface area contributed by atoms with Crippen LogP contribution in [0.4, 0.5) is 0 Å². The zero-order valence-electron chi connectivity index (χ0n) is 11.2. The average Bonchev–Trinajstić information content (AvgIpc) is 3.08. The Morgan fingerprint density at radius 1 is 1.06 bits per heavy atom. The van der Waals surface area contributed by atoms with Gasteiger partial charge in [-0.25, -0.2) is 0 Å². The Hall–Kier alpha value is -0.0400. The second-order valence-electron chi connectivity index (χ2n) is 6.45. The van der Waals surface area contributed by atoms with E-state index in [-0.39, 0.29) is 0 Å². The fourth-order valence-electron chi connectivity index (χ4n) is 3.23. The van der Waals surface area contributed by atoms with Crippen molar-refractivity contribution in [2.45, 2.75) is 71.3 Å². The van der Waals surface area contributed by atoms with Crippen LogP contribution in [-0.4, -0.2) is 12.6 Å². The third-order valence-electron chi connectivity index (χ3n) is 4.39. The van der Waals surface area contributed by atoms with Crippen LogP contribution in [0.25, 0.3) is 0 Å². The quantitative estimate of drug-likeness (QED) is 0.672. The van der Waals surface area contributed by atoms with Crippen LogP contribution in [-0.2, 0) is 0 Å². The van der Waals surface area contributed by atoms with Crippen LogP contribution in [0.5, 0.6) is 0 Å². The van der Waals surface area contributed by atoms with E-state index in [2.05, 4.69) is 19.2 Å². The van der Waals surface area contributed by atoms with Gasteiger partial charge in [-0.05, 0) is 62.8 Å². The fourth-order valence-corrected chi connectivity index (χ4v) is 3.23. The van der Waals surface area contributed by atoms with E-state index < -0.39 is 0 Å². The maximum Gasteiger partial charge on any atom is 0.00698 e. The summed E-state index contributed by atoms with van der Waals surface area (Å²) in [6.07, 6.45) is 11.7. The van der Waals surface area contributed by atoms with Gasteiger partial charge in [0.25, 0.3) is 0 Å². The van der Waals surface area contributed by atoms with Crippen molar-refractivity contribution in [2.75, 3.05) is 6.54 Å². The molecule has 0 saturated heterocycles. The van der Waals surface area contributed by atoms with Crippen LogP contribution < -0.4 is 5.32 Å². The second-order valence-corrected chi connectivity index (χ2v) is 6.45. The molecule has 0 amide bonds. The molecule has 0 aromatic rings. The Kier molecular flexibility index (Phi) is 4.69.